The van der Waals surface area contributed by atoms with Crippen LogP contribution < -0.4 is 4.57 Å². The van der Waals surface area contributed by atoms with E-state index in [4.69, 9.17) is 0 Å². The minimum atomic E-state index is 0.0758. The van der Waals surface area contributed by atoms with Crippen LogP contribution in [0.25, 0.3) is 27.2 Å². The van der Waals surface area contributed by atoms with Crippen molar-refractivity contribution in [3.05, 3.63) is 60.6 Å². The Kier molecular flexibility index (Phi) is 2.62. The van der Waals surface area contributed by atoms with E-state index in [2.05, 4.69) is 91.5 Å². The number of nitrogens with zero attached hydrogens (tertiary/aromatic N) is 2. The quantitative estimate of drug-likeness (QED) is 0.336. The highest BCUT2D eigenvalue weighted by Crippen LogP contribution is 2.32. The molecule has 110 valence electrons. The lowest BCUT2D eigenvalue weighted by Gasteiger charge is -2.15. The number of benzene rings is 2. The van der Waals surface area contributed by atoms with E-state index in [1.165, 1.54) is 33.0 Å². The minimum absolute atomic E-state index is 0.0758. The van der Waals surface area contributed by atoms with Crippen molar-refractivity contribution in [1.29, 1.82) is 0 Å². The van der Waals surface area contributed by atoms with Crippen LogP contribution in [0.15, 0.2) is 54.7 Å². The Morgan fingerprint density at radius 1 is 0.773 bits per heavy atom. The number of imidazole rings is 1. The predicted octanol–water partition coefficient (Wildman–Crippen LogP) is 4.37. The van der Waals surface area contributed by atoms with Crippen molar-refractivity contribution in [2.75, 3.05) is 0 Å². The first-order valence-electron chi connectivity index (χ1n) is 7.79. The van der Waals surface area contributed by atoms with Gasteiger partial charge in [-0.25, -0.2) is 4.57 Å². The summed E-state index contributed by atoms with van der Waals surface area (Å²) in [5.41, 5.74) is 2.63. The zero-order chi connectivity index (χ0) is 15.5. The van der Waals surface area contributed by atoms with E-state index >= 15 is 0 Å². The second-order valence-electron chi connectivity index (χ2n) is 7.10. The van der Waals surface area contributed by atoms with Crippen LogP contribution in [-0.4, -0.2) is 4.40 Å². The monoisotopic (exact) mass is 289 g/mol. The van der Waals surface area contributed by atoms with Crippen molar-refractivity contribution in [2.45, 2.75) is 26.2 Å². The van der Waals surface area contributed by atoms with Crippen molar-refractivity contribution in [3.8, 4) is 0 Å². The lowest BCUT2D eigenvalue weighted by molar-refractivity contribution is -0.681. The van der Waals surface area contributed by atoms with Crippen LogP contribution in [0.5, 0.6) is 0 Å². The van der Waals surface area contributed by atoms with Gasteiger partial charge in [0.2, 0.25) is 0 Å². The van der Waals surface area contributed by atoms with E-state index in [-0.39, 0.29) is 5.41 Å². The van der Waals surface area contributed by atoms with Gasteiger partial charge in [0.25, 0.3) is 5.82 Å². The Balaban J connectivity index is 2.39. The molecule has 0 aliphatic rings. The second-order valence-corrected chi connectivity index (χ2v) is 7.10. The molecule has 0 N–H and O–H groups in total. The van der Waals surface area contributed by atoms with Crippen LogP contribution in [0.4, 0.5) is 0 Å². The fraction of sp³-hybridized carbons (Fsp3) is 0.250. The molecule has 2 heteroatoms. The van der Waals surface area contributed by atoms with Gasteiger partial charge in [0.15, 0.2) is 5.52 Å². The molecule has 0 atom stereocenters. The Morgan fingerprint density at radius 3 is 1.95 bits per heavy atom. The molecule has 2 heterocycles. The molecule has 0 fully saturated rings. The third-order valence-electron chi connectivity index (χ3n) is 4.41. The number of rotatable bonds is 0. The molecule has 2 nitrogen and oxygen atoms in total. The average Bonchev–Trinajstić information content (AvgIpc) is 2.85. The highest BCUT2D eigenvalue weighted by atomic mass is 15.1. The summed E-state index contributed by atoms with van der Waals surface area (Å²) >= 11 is 0. The normalized spacial score (nSPS) is 12.5. The second kappa shape index (κ2) is 4.33. The summed E-state index contributed by atoms with van der Waals surface area (Å²) < 4.78 is 4.70. The van der Waals surface area contributed by atoms with E-state index in [0.717, 1.165) is 0 Å². The first kappa shape index (κ1) is 13.3. The van der Waals surface area contributed by atoms with Crippen molar-refractivity contribution >= 4 is 27.2 Å². The van der Waals surface area contributed by atoms with Gasteiger partial charge in [-0.3, -0.25) is 0 Å². The summed E-state index contributed by atoms with van der Waals surface area (Å²) in [7, 11) is 2.15. The first-order chi connectivity index (χ1) is 10.5. The summed E-state index contributed by atoms with van der Waals surface area (Å²) in [6, 6.07) is 17.4. The maximum atomic E-state index is 2.43. The highest BCUT2D eigenvalue weighted by molar-refractivity contribution is 6.12. The molecule has 0 bridgehead atoms. The van der Waals surface area contributed by atoms with Gasteiger partial charge in [0.1, 0.15) is 11.7 Å². The van der Waals surface area contributed by atoms with Gasteiger partial charge in [0.05, 0.1) is 12.5 Å². The summed E-state index contributed by atoms with van der Waals surface area (Å²) in [5, 5.41) is 3.95. The summed E-state index contributed by atoms with van der Waals surface area (Å²) in [6.07, 6.45) is 2.26. The van der Waals surface area contributed by atoms with E-state index in [1.54, 1.807) is 0 Å². The van der Waals surface area contributed by atoms with Crippen LogP contribution >= 0.6 is 0 Å². The molecular formula is C20H21N2+. The number of hydrogen-bond acceptors (Lipinski definition) is 0. The van der Waals surface area contributed by atoms with Crippen LogP contribution in [0.2, 0.25) is 0 Å². The smallest absolute Gasteiger partial charge is 0.235 e. The molecule has 0 spiro atoms. The van der Waals surface area contributed by atoms with Crippen LogP contribution in [0.3, 0.4) is 0 Å². The first-order valence-corrected chi connectivity index (χ1v) is 7.79. The maximum absolute atomic E-state index is 2.43. The maximum Gasteiger partial charge on any atom is 0.267 e. The Hall–Kier alpha value is -2.35. The van der Waals surface area contributed by atoms with E-state index < -0.39 is 0 Å². The fourth-order valence-electron chi connectivity index (χ4n) is 3.71. The number of pyridine rings is 1. The number of hydrogen-bond donors (Lipinski definition) is 0. The Labute approximate surface area is 130 Å². The molecule has 2 aromatic carbocycles. The van der Waals surface area contributed by atoms with Gasteiger partial charge in [-0.1, -0.05) is 36.4 Å². The van der Waals surface area contributed by atoms with Gasteiger partial charge in [-0.05, 0) is 38.3 Å². The van der Waals surface area contributed by atoms with E-state index in [1.807, 2.05) is 0 Å². The van der Waals surface area contributed by atoms with Gasteiger partial charge < -0.3 is 0 Å². The number of aryl methyl sites for hydroxylation is 1. The zero-order valence-corrected chi connectivity index (χ0v) is 13.6. The largest absolute Gasteiger partial charge is 0.267 e. The number of aromatic nitrogens is 2. The third-order valence-corrected chi connectivity index (χ3v) is 4.41. The standard InChI is InChI=1S/C20H21N2/c1-20(2,3)19-21(4)13-18-16-11-6-5-9-14(16)15-10-7-8-12-17(15)22(18)19/h5-13H,1-4H3/q+1. The molecule has 0 radical (unpaired) electrons. The van der Waals surface area contributed by atoms with Crippen molar-refractivity contribution in [2.24, 2.45) is 7.05 Å². The van der Waals surface area contributed by atoms with Gasteiger partial charge in [-0.15, -0.1) is 0 Å². The predicted molar refractivity (Wildman–Crippen MR) is 92.3 cm³/mol. The lowest BCUT2D eigenvalue weighted by atomic mass is 9.95. The molecule has 2 aromatic heterocycles. The lowest BCUT2D eigenvalue weighted by Crippen LogP contribution is -2.38. The van der Waals surface area contributed by atoms with E-state index in [9.17, 15) is 0 Å². The number of fused-ring (bicyclic) bond motifs is 6. The SMILES string of the molecule is C[n+]1cc2c3ccccc3c3ccccc3n2c1C(C)(C)C. The average molecular weight is 289 g/mol. The summed E-state index contributed by atoms with van der Waals surface area (Å²) in [5.74, 6) is 1.32. The third kappa shape index (κ3) is 1.70. The summed E-state index contributed by atoms with van der Waals surface area (Å²) in [4.78, 5) is 0. The topological polar surface area (TPSA) is 8.29 Å². The Morgan fingerprint density at radius 2 is 1.32 bits per heavy atom. The van der Waals surface area contributed by atoms with Crippen molar-refractivity contribution in [1.82, 2.24) is 4.40 Å². The minimum Gasteiger partial charge on any atom is -0.235 e. The molecule has 0 amide bonds. The van der Waals surface area contributed by atoms with Crippen molar-refractivity contribution < 1.29 is 4.57 Å². The molecular weight excluding hydrogens is 268 g/mol. The Bertz CT molecular complexity index is 1020. The van der Waals surface area contributed by atoms with Crippen LogP contribution in [0.1, 0.15) is 26.6 Å². The van der Waals surface area contributed by atoms with Crippen molar-refractivity contribution in [3.63, 3.8) is 0 Å². The van der Waals surface area contributed by atoms with E-state index in [0.29, 0.717) is 0 Å². The molecule has 22 heavy (non-hydrogen) atoms. The molecule has 0 saturated carbocycles. The fourth-order valence-corrected chi connectivity index (χ4v) is 3.71. The van der Waals surface area contributed by atoms with Gasteiger partial charge >= 0.3 is 0 Å². The van der Waals surface area contributed by atoms with Gasteiger partial charge in [-0.2, -0.15) is 4.40 Å². The highest BCUT2D eigenvalue weighted by Gasteiger charge is 2.31. The van der Waals surface area contributed by atoms with Crippen LogP contribution in [0, 0.1) is 0 Å². The summed E-state index contributed by atoms with van der Waals surface area (Å²) in [6.45, 7) is 6.83. The molecule has 0 aliphatic heterocycles. The van der Waals surface area contributed by atoms with Gasteiger partial charge in [0, 0.05) is 10.8 Å². The molecule has 4 aromatic rings. The zero-order valence-electron chi connectivity index (χ0n) is 13.6. The number of para-hydroxylation sites is 1. The molecule has 0 aliphatic carbocycles. The molecule has 0 saturated heterocycles. The van der Waals surface area contributed by atoms with Crippen LogP contribution in [-0.2, 0) is 12.5 Å². The molecule has 0 unspecified atom stereocenters. The molecule has 4 rings (SSSR count).